The summed E-state index contributed by atoms with van der Waals surface area (Å²) in [5.41, 5.74) is 7.43. The van der Waals surface area contributed by atoms with Crippen LogP contribution in [0, 0.1) is 5.92 Å². The zero-order valence-electron chi connectivity index (χ0n) is 16.1. The van der Waals surface area contributed by atoms with E-state index in [1.54, 1.807) is 6.33 Å². The average molecular weight is 374 g/mol. The molecule has 0 spiro atoms. The van der Waals surface area contributed by atoms with Crippen molar-refractivity contribution >= 4 is 11.7 Å². The number of carbonyl (C=O) groups is 1. The predicted molar refractivity (Wildman–Crippen MR) is 102 cm³/mol. The third-order valence-corrected chi connectivity index (χ3v) is 6.01. The first-order valence-electron chi connectivity index (χ1n) is 10.2. The number of nitrogens with one attached hydrogen (secondary N) is 2. The molecule has 0 radical (unpaired) electrons. The molecule has 1 amide bonds. The number of aromatic nitrogens is 2. The molecule has 0 bridgehead atoms. The van der Waals surface area contributed by atoms with Gasteiger partial charge in [-0.1, -0.05) is 6.92 Å². The number of hydrogen-bond acceptors (Lipinski definition) is 7. The minimum absolute atomic E-state index is 0.0306. The summed E-state index contributed by atoms with van der Waals surface area (Å²) in [7, 11) is 0. The first-order chi connectivity index (χ1) is 13.3. The van der Waals surface area contributed by atoms with E-state index in [1.165, 1.54) is 0 Å². The van der Waals surface area contributed by atoms with Crippen molar-refractivity contribution in [3.8, 4) is 0 Å². The van der Waals surface area contributed by atoms with E-state index in [9.17, 15) is 4.79 Å². The van der Waals surface area contributed by atoms with E-state index in [1.807, 2.05) is 4.90 Å². The Hall–Kier alpha value is -1.77. The minimum atomic E-state index is 0.0306. The SMILES string of the molecule is CCC1NNCC1C(=O)N1CCCC(c2cc(N3CCOCC3)ncn2)C1. The summed E-state index contributed by atoms with van der Waals surface area (Å²) in [4.78, 5) is 26.4. The molecule has 8 nitrogen and oxygen atoms in total. The molecule has 3 saturated heterocycles. The van der Waals surface area contributed by atoms with Gasteiger partial charge in [0.15, 0.2) is 0 Å². The van der Waals surface area contributed by atoms with Crippen LogP contribution in [-0.4, -0.2) is 72.8 Å². The number of morpholine rings is 1. The molecule has 3 aliphatic rings. The first-order valence-corrected chi connectivity index (χ1v) is 10.2. The van der Waals surface area contributed by atoms with Crippen LogP contribution in [0.4, 0.5) is 5.82 Å². The third-order valence-electron chi connectivity index (χ3n) is 6.01. The molecule has 27 heavy (non-hydrogen) atoms. The van der Waals surface area contributed by atoms with Gasteiger partial charge in [0.1, 0.15) is 12.1 Å². The average Bonchev–Trinajstić information content (AvgIpc) is 3.23. The van der Waals surface area contributed by atoms with Crippen LogP contribution in [0.5, 0.6) is 0 Å². The topological polar surface area (TPSA) is 82.6 Å². The molecule has 1 aromatic rings. The monoisotopic (exact) mass is 374 g/mol. The molecule has 0 aromatic carbocycles. The van der Waals surface area contributed by atoms with Crippen LogP contribution in [0.2, 0.25) is 0 Å². The van der Waals surface area contributed by atoms with Crippen molar-refractivity contribution in [1.82, 2.24) is 25.7 Å². The van der Waals surface area contributed by atoms with Crippen molar-refractivity contribution in [1.29, 1.82) is 0 Å². The highest BCUT2D eigenvalue weighted by Crippen LogP contribution is 2.29. The summed E-state index contributed by atoms with van der Waals surface area (Å²) in [5, 5.41) is 0. The molecular weight excluding hydrogens is 344 g/mol. The van der Waals surface area contributed by atoms with Crippen LogP contribution in [0.1, 0.15) is 37.8 Å². The lowest BCUT2D eigenvalue weighted by Crippen LogP contribution is -2.46. The maximum atomic E-state index is 13.1. The van der Waals surface area contributed by atoms with Gasteiger partial charge in [0, 0.05) is 50.7 Å². The molecular formula is C19H30N6O2. The molecule has 148 valence electrons. The van der Waals surface area contributed by atoms with Gasteiger partial charge in [-0.25, -0.2) is 9.97 Å². The Morgan fingerprint density at radius 3 is 2.96 bits per heavy atom. The zero-order chi connectivity index (χ0) is 18.6. The highest BCUT2D eigenvalue weighted by molar-refractivity contribution is 5.80. The van der Waals surface area contributed by atoms with Gasteiger partial charge in [-0.3, -0.25) is 15.6 Å². The third kappa shape index (κ3) is 4.07. The van der Waals surface area contributed by atoms with E-state index in [0.29, 0.717) is 6.54 Å². The van der Waals surface area contributed by atoms with E-state index in [4.69, 9.17) is 4.74 Å². The fraction of sp³-hybridized carbons (Fsp3) is 0.737. The van der Waals surface area contributed by atoms with Crippen LogP contribution in [0.3, 0.4) is 0 Å². The Morgan fingerprint density at radius 2 is 2.15 bits per heavy atom. The second kappa shape index (κ2) is 8.50. The number of amides is 1. The van der Waals surface area contributed by atoms with Crippen LogP contribution in [-0.2, 0) is 9.53 Å². The summed E-state index contributed by atoms with van der Waals surface area (Å²) >= 11 is 0. The molecule has 4 heterocycles. The normalized spacial score (nSPS) is 29.1. The summed E-state index contributed by atoms with van der Waals surface area (Å²) in [6.45, 7) is 7.66. The Balaban J connectivity index is 1.44. The molecule has 3 fully saturated rings. The summed E-state index contributed by atoms with van der Waals surface area (Å²) in [6.07, 6.45) is 4.72. The molecule has 3 unspecified atom stereocenters. The predicted octanol–water partition coefficient (Wildman–Crippen LogP) is 0.522. The number of rotatable bonds is 4. The maximum Gasteiger partial charge on any atom is 0.228 e. The highest BCUT2D eigenvalue weighted by Gasteiger charge is 2.36. The number of ether oxygens (including phenoxy) is 1. The van der Waals surface area contributed by atoms with Gasteiger partial charge in [-0.05, 0) is 19.3 Å². The quantitative estimate of drug-likeness (QED) is 0.795. The largest absolute Gasteiger partial charge is 0.378 e. The highest BCUT2D eigenvalue weighted by atomic mass is 16.5. The molecule has 0 aliphatic carbocycles. The maximum absolute atomic E-state index is 13.1. The lowest BCUT2D eigenvalue weighted by atomic mass is 9.91. The van der Waals surface area contributed by atoms with Gasteiger partial charge in [-0.15, -0.1) is 0 Å². The molecule has 2 N–H and O–H groups in total. The fourth-order valence-corrected chi connectivity index (χ4v) is 4.39. The second-order valence-electron chi connectivity index (χ2n) is 7.67. The van der Waals surface area contributed by atoms with Crippen LogP contribution >= 0.6 is 0 Å². The van der Waals surface area contributed by atoms with Gasteiger partial charge < -0.3 is 14.5 Å². The number of likely N-dealkylation sites (tertiary alicyclic amines) is 1. The van der Waals surface area contributed by atoms with E-state index in [-0.39, 0.29) is 23.8 Å². The summed E-state index contributed by atoms with van der Waals surface area (Å²) < 4.78 is 5.44. The first kappa shape index (κ1) is 18.6. The molecule has 4 rings (SSSR count). The summed E-state index contributed by atoms with van der Waals surface area (Å²) in [5.74, 6) is 1.56. The van der Waals surface area contributed by atoms with Gasteiger partial charge in [0.25, 0.3) is 0 Å². The zero-order valence-corrected chi connectivity index (χ0v) is 16.1. The van der Waals surface area contributed by atoms with E-state index >= 15 is 0 Å². The smallest absolute Gasteiger partial charge is 0.228 e. The van der Waals surface area contributed by atoms with Gasteiger partial charge in [0.05, 0.1) is 24.8 Å². The molecule has 3 aliphatic heterocycles. The Labute approximate surface area is 160 Å². The second-order valence-corrected chi connectivity index (χ2v) is 7.67. The van der Waals surface area contributed by atoms with Crippen molar-refractivity contribution in [2.75, 3.05) is 50.8 Å². The van der Waals surface area contributed by atoms with Gasteiger partial charge in [0.2, 0.25) is 5.91 Å². The van der Waals surface area contributed by atoms with Crippen molar-refractivity contribution < 1.29 is 9.53 Å². The number of hydrazine groups is 1. The Bertz CT molecular complexity index is 651. The van der Waals surface area contributed by atoms with Crippen molar-refractivity contribution in [3.63, 3.8) is 0 Å². The van der Waals surface area contributed by atoms with Crippen molar-refractivity contribution in [3.05, 3.63) is 18.1 Å². The van der Waals surface area contributed by atoms with Crippen LogP contribution < -0.4 is 15.8 Å². The van der Waals surface area contributed by atoms with E-state index in [2.05, 4.69) is 38.7 Å². The number of anilines is 1. The number of hydrogen-bond donors (Lipinski definition) is 2. The number of piperidine rings is 1. The van der Waals surface area contributed by atoms with Gasteiger partial charge in [-0.2, -0.15) is 0 Å². The molecule has 8 heteroatoms. The molecule has 1 aromatic heterocycles. The lowest BCUT2D eigenvalue weighted by molar-refractivity contribution is -0.136. The standard InChI is InChI=1S/C19H30N6O2/c1-2-16-15(11-22-23-16)19(26)25-5-3-4-14(12-25)17-10-18(21-13-20-17)24-6-8-27-9-7-24/h10,13-16,22-23H,2-9,11-12H2,1H3. The van der Waals surface area contributed by atoms with Crippen molar-refractivity contribution in [2.45, 2.75) is 38.1 Å². The Kier molecular flexibility index (Phi) is 5.85. The van der Waals surface area contributed by atoms with Crippen LogP contribution in [0.25, 0.3) is 0 Å². The molecule has 0 saturated carbocycles. The van der Waals surface area contributed by atoms with Crippen LogP contribution in [0.15, 0.2) is 12.4 Å². The van der Waals surface area contributed by atoms with E-state index in [0.717, 1.165) is 70.2 Å². The fourth-order valence-electron chi connectivity index (χ4n) is 4.39. The minimum Gasteiger partial charge on any atom is -0.378 e. The summed E-state index contributed by atoms with van der Waals surface area (Å²) in [6, 6.07) is 2.34. The van der Waals surface area contributed by atoms with Crippen molar-refractivity contribution in [2.24, 2.45) is 5.92 Å². The lowest BCUT2D eigenvalue weighted by Gasteiger charge is -2.35. The van der Waals surface area contributed by atoms with Gasteiger partial charge >= 0.3 is 0 Å². The Morgan fingerprint density at radius 1 is 1.30 bits per heavy atom. The molecule has 3 atom stereocenters. The van der Waals surface area contributed by atoms with E-state index < -0.39 is 0 Å². The number of nitrogens with zero attached hydrogens (tertiary/aromatic N) is 4. The number of carbonyl (C=O) groups excluding carboxylic acids is 1.